The number of nitrogens with zero attached hydrogens (tertiary/aromatic N) is 2. The Morgan fingerprint density at radius 3 is 2.88 bits per heavy atom. The average molecular weight is 216 g/mol. The minimum atomic E-state index is -0.411. The minimum Gasteiger partial charge on any atom is -0.389 e. The van der Waals surface area contributed by atoms with Crippen LogP contribution in [0.25, 0.3) is 0 Å². The molecule has 2 aromatic rings. The zero-order chi connectivity index (χ0) is 11.5. The predicted octanol–water partition coefficient (Wildman–Crippen LogP) is 2.29. The van der Waals surface area contributed by atoms with Gasteiger partial charge in [0.15, 0.2) is 0 Å². The van der Waals surface area contributed by atoms with E-state index in [0.29, 0.717) is 0 Å². The molecule has 0 aliphatic heterocycles. The van der Waals surface area contributed by atoms with Crippen LogP contribution in [-0.4, -0.2) is 14.7 Å². The highest BCUT2D eigenvalue weighted by Gasteiger charge is 2.04. The topological polar surface area (TPSA) is 38.0 Å². The molecule has 2 rings (SSSR count). The Morgan fingerprint density at radius 1 is 1.44 bits per heavy atom. The monoisotopic (exact) mass is 216 g/mol. The van der Waals surface area contributed by atoms with E-state index in [2.05, 4.69) is 18.0 Å². The van der Waals surface area contributed by atoms with Crippen molar-refractivity contribution in [2.75, 3.05) is 0 Å². The first kappa shape index (κ1) is 10.9. The third kappa shape index (κ3) is 2.31. The molecule has 0 saturated carbocycles. The second-order valence-electron chi connectivity index (χ2n) is 4.06. The molecule has 84 valence electrons. The fourth-order valence-electron chi connectivity index (χ4n) is 1.66. The minimum absolute atomic E-state index is 0.411. The molecule has 1 N–H and O–H groups in total. The Bertz CT molecular complexity index is 474. The largest absolute Gasteiger partial charge is 0.389 e. The first-order chi connectivity index (χ1) is 7.66. The number of hydrogen-bond donors (Lipinski definition) is 1. The van der Waals surface area contributed by atoms with Crippen molar-refractivity contribution in [3.8, 4) is 0 Å². The van der Waals surface area contributed by atoms with E-state index in [4.69, 9.17) is 0 Å². The summed E-state index contributed by atoms with van der Waals surface area (Å²) in [6, 6.07) is 5.93. The number of aliphatic hydroxyl groups excluding tert-OH is 1. The normalized spacial score (nSPS) is 12.7. The number of aryl methyl sites for hydroxylation is 1. The maximum Gasteiger partial charge on any atom is 0.0776 e. The van der Waals surface area contributed by atoms with Crippen LogP contribution in [-0.2, 0) is 6.54 Å². The molecule has 0 aliphatic carbocycles. The van der Waals surface area contributed by atoms with Gasteiger partial charge in [0.2, 0.25) is 0 Å². The zero-order valence-corrected chi connectivity index (χ0v) is 9.59. The van der Waals surface area contributed by atoms with Crippen molar-refractivity contribution in [2.45, 2.75) is 26.5 Å². The first-order valence-corrected chi connectivity index (χ1v) is 5.41. The third-order valence-corrected chi connectivity index (χ3v) is 2.71. The van der Waals surface area contributed by atoms with Crippen LogP contribution in [0.15, 0.2) is 36.8 Å². The van der Waals surface area contributed by atoms with Gasteiger partial charge in [0.1, 0.15) is 0 Å². The van der Waals surface area contributed by atoms with Gasteiger partial charge in [-0.1, -0.05) is 6.07 Å². The van der Waals surface area contributed by atoms with Crippen LogP contribution in [0.2, 0.25) is 0 Å². The summed E-state index contributed by atoms with van der Waals surface area (Å²) < 4.78 is 2.04. The van der Waals surface area contributed by atoms with E-state index in [0.717, 1.165) is 17.8 Å². The summed E-state index contributed by atoms with van der Waals surface area (Å²) in [5.41, 5.74) is 3.19. The van der Waals surface area contributed by atoms with Crippen LogP contribution < -0.4 is 0 Å². The SMILES string of the molecule is Cc1cccnc1Cn1ccc(C(C)O)c1. The molecule has 2 aromatic heterocycles. The van der Waals surface area contributed by atoms with Crippen molar-refractivity contribution in [1.82, 2.24) is 9.55 Å². The molecule has 16 heavy (non-hydrogen) atoms. The molecule has 0 radical (unpaired) electrons. The zero-order valence-electron chi connectivity index (χ0n) is 9.59. The second kappa shape index (κ2) is 4.49. The lowest BCUT2D eigenvalue weighted by molar-refractivity contribution is 0.199. The molecular weight excluding hydrogens is 200 g/mol. The number of rotatable bonds is 3. The Labute approximate surface area is 95.4 Å². The van der Waals surface area contributed by atoms with Gasteiger partial charge in [0.05, 0.1) is 18.3 Å². The van der Waals surface area contributed by atoms with Gasteiger partial charge >= 0.3 is 0 Å². The molecule has 3 heteroatoms. The molecule has 0 saturated heterocycles. The Kier molecular flexibility index (Phi) is 3.06. The molecule has 0 spiro atoms. The predicted molar refractivity (Wildman–Crippen MR) is 63.1 cm³/mol. The van der Waals surface area contributed by atoms with Crippen LogP contribution in [0.1, 0.15) is 29.8 Å². The molecule has 1 atom stereocenters. The van der Waals surface area contributed by atoms with Gasteiger partial charge in [-0.15, -0.1) is 0 Å². The highest BCUT2D eigenvalue weighted by Crippen LogP contribution is 2.13. The quantitative estimate of drug-likeness (QED) is 0.854. The van der Waals surface area contributed by atoms with Crippen LogP contribution in [0.3, 0.4) is 0 Å². The van der Waals surface area contributed by atoms with Gasteiger partial charge in [-0.25, -0.2) is 0 Å². The van der Waals surface area contributed by atoms with Gasteiger partial charge in [-0.05, 0) is 37.1 Å². The number of pyridine rings is 1. The van der Waals surface area contributed by atoms with Crippen molar-refractivity contribution in [3.63, 3.8) is 0 Å². The van der Waals surface area contributed by atoms with Crippen molar-refractivity contribution >= 4 is 0 Å². The van der Waals surface area contributed by atoms with E-state index in [1.54, 1.807) is 13.1 Å². The molecule has 0 bridgehead atoms. The lowest BCUT2D eigenvalue weighted by Gasteiger charge is -2.05. The summed E-state index contributed by atoms with van der Waals surface area (Å²) in [4.78, 5) is 4.34. The Hall–Kier alpha value is -1.61. The highest BCUT2D eigenvalue weighted by molar-refractivity contribution is 5.20. The first-order valence-electron chi connectivity index (χ1n) is 5.41. The second-order valence-corrected chi connectivity index (χ2v) is 4.06. The van der Waals surface area contributed by atoms with E-state index in [-0.39, 0.29) is 0 Å². The number of hydrogen-bond acceptors (Lipinski definition) is 2. The van der Waals surface area contributed by atoms with Crippen molar-refractivity contribution in [3.05, 3.63) is 53.6 Å². The van der Waals surface area contributed by atoms with Crippen molar-refractivity contribution in [1.29, 1.82) is 0 Å². The molecule has 1 unspecified atom stereocenters. The summed E-state index contributed by atoms with van der Waals surface area (Å²) in [7, 11) is 0. The van der Waals surface area contributed by atoms with Gasteiger partial charge < -0.3 is 9.67 Å². The standard InChI is InChI=1S/C13H16N2O/c1-10-4-3-6-14-13(10)9-15-7-5-12(8-15)11(2)16/h3-8,11,16H,9H2,1-2H3. The van der Waals surface area contributed by atoms with Crippen LogP contribution in [0.4, 0.5) is 0 Å². The van der Waals surface area contributed by atoms with Crippen molar-refractivity contribution in [2.24, 2.45) is 0 Å². The summed E-state index contributed by atoms with van der Waals surface area (Å²) >= 11 is 0. The van der Waals surface area contributed by atoms with Gasteiger partial charge in [0.25, 0.3) is 0 Å². The fraction of sp³-hybridized carbons (Fsp3) is 0.308. The molecule has 0 amide bonds. The summed E-state index contributed by atoms with van der Waals surface area (Å²) in [6.45, 7) is 4.58. The lowest BCUT2D eigenvalue weighted by atomic mass is 10.2. The maximum atomic E-state index is 9.43. The van der Waals surface area contributed by atoms with Gasteiger partial charge in [-0.3, -0.25) is 4.98 Å². The van der Waals surface area contributed by atoms with E-state index in [1.165, 1.54) is 5.56 Å². The molecule has 3 nitrogen and oxygen atoms in total. The fourth-order valence-corrected chi connectivity index (χ4v) is 1.66. The van der Waals surface area contributed by atoms with E-state index in [1.807, 2.05) is 29.1 Å². The molecule has 0 aromatic carbocycles. The van der Waals surface area contributed by atoms with E-state index < -0.39 is 6.10 Å². The van der Waals surface area contributed by atoms with E-state index in [9.17, 15) is 5.11 Å². The highest BCUT2D eigenvalue weighted by atomic mass is 16.3. The Balaban J connectivity index is 2.18. The maximum absolute atomic E-state index is 9.43. The van der Waals surface area contributed by atoms with Crippen LogP contribution in [0.5, 0.6) is 0 Å². The number of aromatic nitrogens is 2. The van der Waals surface area contributed by atoms with Gasteiger partial charge in [-0.2, -0.15) is 0 Å². The van der Waals surface area contributed by atoms with Gasteiger partial charge in [0, 0.05) is 18.6 Å². The molecule has 0 fully saturated rings. The summed E-state index contributed by atoms with van der Waals surface area (Å²) in [5, 5.41) is 9.43. The lowest BCUT2D eigenvalue weighted by Crippen LogP contribution is -2.01. The van der Waals surface area contributed by atoms with E-state index >= 15 is 0 Å². The molecule has 2 heterocycles. The number of aliphatic hydroxyl groups is 1. The van der Waals surface area contributed by atoms with Crippen molar-refractivity contribution < 1.29 is 5.11 Å². The summed E-state index contributed by atoms with van der Waals surface area (Å²) in [5.74, 6) is 0. The molecule has 0 aliphatic rings. The molecular formula is C13H16N2O. The van der Waals surface area contributed by atoms with Crippen LogP contribution >= 0.6 is 0 Å². The smallest absolute Gasteiger partial charge is 0.0776 e. The summed E-state index contributed by atoms with van der Waals surface area (Å²) in [6.07, 6.45) is 5.32. The average Bonchev–Trinajstić information content (AvgIpc) is 2.70. The van der Waals surface area contributed by atoms with Crippen LogP contribution in [0, 0.1) is 6.92 Å². The third-order valence-electron chi connectivity index (χ3n) is 2.71. The Morgan fingerprint density at radius 2 is 2.25 bits per heavy atom.